The standard InChI is InChI=1S/C11H7BrClFN2O2S/c12-7-3-4-15-11(5-7)16-19(17,18)10-6-8(14)1-2-9(10)13/h1-6H,(H,15,16). The Hall–Kier alpha value is -1.18. The van der Waals surface area contributed by atoms with Crippen LogP contribution >= 0.6 is 27.5 Å². The van der Waals surface area contributed by atoms with Crippen molar-refractivity contribution in [2.45, 2.75) is 4.90 Å². The van der Waals surface area contributed by atoms with Crippen LogP contribution in [-0.4, -0.2) is 13.4 Å². The predicted molar refractivity (Wildman–Crippen MR) is 74.2 cm³/mol. The van der Waals surface area contributed by atoms with Crippen molar-refractivity contribution in [1.29, 1.82) is 0 Å². The van der Waals surface area contributed by atoms with Gasteiger partial charge in [0.2, 0.25) is 0 Å². The maximum absolute atomic E-state index is 13.1. The molecule has 0 saturated carbocycles. The average Bonchev–Trinajstić information content (AvgIpc) is 2.31. The first kappa shape index (κ1) is 14.2. The van der Waals surface area contributed by atoms with Gasteiger partial charge in [-0.15, -0.1) is 0 Å². The second-order valence-electron chi connectivity index (χ2n) is 3.54. The van der Waals surface area contributed by atoms with Gasteiger partial charge in [0.05, 0.1) is 5.02 Å². The number of hydrogen-bond donors (Lipinski definition) is 1. The highest BCUT2D eigenvalue weighted by molar-refractivity contribution is 9.10. The van der Waals surface area contributed by atoms with Crippen molar-refractivity contribution in [3.63, 3.8) is 0 Å². The van der Waals surface area contributed by atoms with Gasteiger partial charge in [-0.1, -0.05) is 27.5 Å². The summed E-state index contributed by atoms with van der Waals surface area (Å²) in [5.41, 5.74) is 0. The zero-order valence-corrected chi connectivity index (χ0v) is 12.4. The molecule has 1 aromatic carbocycles. The van der Waals surface area contributed by atoms with Gasteiger partial charge in [0.1, 0.15) is 16.5 Å². The molecule has 1 N–H and O–H groups in total. The minimum absolute atomic E-state index is 0.0658. The van der Waals surface area contributed by atoms with Gasteiger partial charge < -0.3 is 0 Å². The lowest BCUT2D eigenvalue weighted by molar-refractivity contribution is 0.595. The summed E-state index contributed by atoms with van der Waals surface area (Å²) in [5, 5.41) is -0.0658. The Morgan fingerprint density at radius 3 is 2.68 bits per heavy atom. The molecule has 0 aliphatic rings. The van der Waals surface area contributed by atoms with Gasteiger partial charge in [0.25, 0.3) is 10.0 Å². The topological polar surface area (TPSA) is 59.1 Å². The number of benzene rings is 1. The van der Waals surface area contributed by atoms with Gasteiger partial charge >= 0.3 is 0 Å². The Morgan fingerprint density at radius 2 is 2.00 bits per heavy atom. The number of rotatable bonds is 3. The van der Waals surface area contributed by atoms with Crippen molar-refractivity contribution in [3.8, 4) is 0 Å². The highest BCUT2D eigenvalue weighted by atomic mass is 79.9. The predicted octanol–water partition coefficient (Wildman–Crippen LogP) is 3.44. The molecule has 2 rings (SSSR count). The summed E-state index contributed by atoms with van der Waals surface area (Å²) in [5.74, 6) is -0.582. The van der Waals surface area contributed by atoms with E-state index >= 15 is 0 Å². The number of pyridine rings is 1. The third-order valence-electron chi connectivity index (χ3n) is 2.14. The van der Waals surface area contributed by atoms with E-state index in [2.05, 4.69) is 25.6 Å². The molecule has 0 unspecified atom stereocenters. The molecule has 0 fully saturated rings. The zero-order chi connectivity index (χ0) is 14.0. The maximum atomic E-state index is 13.1. The molecule has 0 atom stereocenters. The molecule has 19 heavy (non-hydrogen) atoms. The third kappa shape index (κ3) is 3.43. The zero-order valence-electron chi connectivity index (χ0n) is 9.27. The Kier molecular flexibility index (Phi) is 4.07. The fourth-order valence-electron chi connectivity index (χ4n) is 1.34. The molecule has 1 aromatic heterocycles. The number of hydrogen-bond acceptors (Lipinski definition) is 3. The molecular weight excluding hydrogens is 359 g/mol. The maximum Gasteiger partial charge on any atom is 0.264 e. The molecule has 8 heteroatoms. The number of halogens is 3. The average molecular weight is 366 g/mol. The van der Waals surface area contributed by atoms with Crippen molar-refractivity contribution in [2.75, 3.05) is 4.72 Å². The van der Waals surface area contributed by atoms with Crippen LogP contribution in [0.4, 0.5) is 10.2 Å². The van der Waals surface area contributed by atoms with E-state index in [0.29, 0.717) is 4.47 Å². The van der Waals surface area contributed by atoms with E-state index in [1.54, 1.807) is 6.07 Å². The van der Waals surface area contributed by atoms with Crippen LogP contribution in [0.2, 0.25) is 5.02 Å². The lowest BCUT2D eigenvalue weighted by Gasteiger charge is -2.09. The first-order valence-electron chi connectivity index (χ1n) is 4.98. The van der Waals surface area contributed by atoms with Crippen LogP contribution in [0.5, 0.6) is 0 Å². The fraction of sp³-hybridized carbons (Fsp3) is 0. The van der Waals surface area contributed by atoms with Gasteiger partial charge in [-0.3, -0.25) is 4.72 Å². The van der Waals surface area contributed by atoms with E-state index in [1.165, 1.54) is 18.3 Å². The molecule has 0 aliphatic heterocycles. The molecule has 2 aromatic rings. The number of nitrogens with one attached hydrogen (secondary N) is 1. The van der Waals surface area contributed by atoms with E-state index in [9.17, 15) is 12.8 Å². The van der Waals surface area contributed by atoms with Gasteiger partial charge in [0.15, 0.2) is 0 Å². The molecule has 0 amide bonds. The quantitative estimate of drug-likeness (QED) is 0.906. The highest BCUT2D eigenvalue weighted by Crippen LogP contribution is 2.24. The SMILES string of the molecule is O=S(=O)(Nc1cc(Br)ccn1)c1cc(F)ccc1Cl. The summed E-state index contributed by atoms with van der Waals surface area (Å²) in [6.07, 6.45) is 1.43. The number of sulfonamides is 1. The van der Waals surface area contributed by atoms with Crippen molar-refractivity contribution in [3.05, 3.63) is 51.8 Å². The number of nitrogens with zero attached hydrogens (tertiary/aromatic N) is 1. The summed E-state index contributed by atoms with van der Waals surface area (Å²) in [6, 6.07) is 6.23. The van der Waals surface area contributed by atoms with Gasteiger partial charge in [0, 0.05) is 10.7 Å². The van der Waals surface area contributed by atoms with Crippen molar-refractivity contribution in [2.24, 2.45) is 0 Å². The van der Waals surface area contributed by atoms with E-state index in [4.69, 9.17) is 11.6 Å². The van der Waals surface area contributed by atoms with Gasteiger partial charge in [-0.2, -0.15) is 0 Å². The van der Waals surface area contributed by atoms with Crippen LogP contribution in [0.1, 0.15) is 0 Å². The van der Waals surface area contributed by atoms with Crippen LogP contribution in [-0.2, 0) is 10.0 Å². The molecular formula is C11H7BrClFN2O2S. The minimum atomic E-state index is -3.99. The van der Waals surface area contributed by atoms with Crippen LogP contribution in [0.3, 0.4) is 0 Å². The van der Waals surface area contributed by atoms with Crippen molar-refractivity contribution < 1.29 is 12.8 Å². The molecule has 100 valence electrons. The lowest BCUT2D eigenvalue weighted by Crippen LogP contribution is -2.14. The second kappa shape index (κ2) is 5.44. The highest BCUT2D eigenvalue weighted by Gasteiger charge is 2.19. The molecule has 0 radical (unpaired) electrons. The summed E-state index contributed by atoms with van der Waals surface area (Å²) < 4.78 is 40.1. The summed E-state index contributed by atoms with van der Waals surface area (Å²) in [6.45, 7) is 0. The van der Waals surface area contributed by atoms with Crippen LogP contribution in [0, 0.1) is 5.82 Å². The lowest BCUT2D eigenvalue weighted by atomic mass is 10.3. The smallest absolute Gasteiger partial charge is 0.263 e. The van der Waals surface area contributed by atoms with E-state index in [1.807, 2.05) is 0 Å². The fourth-order valence-corrected chi connectivity index (χ4v) is 3.18. The summed E-state index contributed by atoms with van der Waals surface area (Å²) in [7, 11) is -3.99. The van der Waals surface area contributed by atoms with Crippen LogP contribution < -0.4 is 4.72 Å². The van der Waals surface area contributed by atoms with E-state index in [-0.39, 0.29) is 15.7 Å². The van der Waals surface area contributed by atoms with Gasteiger partial charge in [-0.25, -0.2) is 17.8 Å². The first-order valence-corrected chi connectivity index (χ1v) is 7.63. The second-order valence-corrected chi connectivity index (χ2v) is 6.51. The van der Waals surface area contributed by atoms with Gasteiger partial charge in [-0.05, 0) is 30.3 Å². The molecule has 0 spiro atoms. The minimum Gasteiger partial charge on any atom is -0.263 e. The molecule has 4 nitrogen and oxygen atoms in total. The normalized spacial score (nSPS) is 11.3. The summed E-state index contributed by atoms with van der Waals surface area (Å²) in [4.78, 5) is 3.51. The van der Waals surface area contributed by atoms with Crippen molar-refractivity contribution >= 4 is 43.4 Å². The number of anilines is 1. The number of aromatic nitrogens is 1. The third-order valence-corrected chi connectivity index (χ3v) is 4.47. The van der Waals surface area contributed by atoms with E-state index in [0.717, 1.165) is 12.1 Å². The molecule has 0 saturated heterocycles. The monoisotopic (exact) mass is 364 g/mol. The van der Waals surface area contributed by atoms with Crippen LogP contribution in [0.15, 0.2) is 45.9 Å². The summed E-state index contributed by atoms with van der Waals surface area (Å²) >= 11 is 8.95. The Labute approximate surface area is 122 Å². The Balaban J connectivity index is 2.40. The first-order chi connectivity index (χ1) is 8.88. The van der Waals surface area contributed by atoms with E-state index < -0.39 is 15.8 Å². The largest absolute Gasteiger partial charge is 0.264 e. The Morgan fingerprint density at radius 1 is 1.26 bits per heavy atom. The molecule has 0 bridgehead atoms. The Bertz CT molecular complexity index is 724. The van der Waals surface area contributed by atoms with Crippen LogP contribution in [0.25, 0.3) is 0 Å². The van der Waals surface area contributed by atoms with Crippen molar-refractivity contribution in [1.82, 2.24) is 4.98 Å². The molecule has 1 heterocycles. The molecule has 0 aliphatic carbocycles.